The lowest BCUT2D eigenvalue weighted by Gasteiger charge is -2.50. The summed E-state index contributed by atoms with van der Waals surface area (Å²) < 4.78 is 3.34. The van der Waals surface area contributed by atoms with E-state index in [1.54, 1.807) is 32.3 Å². The van der Waals surface area contributed by atoms with Crippen LogP contribution in [0.15, 0.2) is 39.7 Å². The Morgan fingerprint density at radius 1 is 1.24 bits per heavy atom. The maximum absolute atomic E-state index is 13.3. The van der Waals surface area contributed by atoms with Crippen molar-refractivity contribution < 1.29 is 33.7 Å². The summed E-state index contributed by atoms with van der Waals surface area (Å²) in [6, 6.07) is -0.985. The van der Waals surface area contributed by atoms with E-state index in [-0.39, 0.29) is 40.6 Å². The molecule has 0 bridgehead atoms. The fourth-order valence-electron chi connectivity index (χ4n) is 5.09. The zero-order valence-electron chi connectivity index (χ0n) is 21.3. The molecule has 1 aliphatic carbocycles. The number of carbonyl (C=O) groups is 4. The molecule has 0 aromatic carbocycles. The second-order valence-corrected chi connectivity index (χ2v) is 12.6. The van der Waals surface area contributed by atoms with Gasteiger partial charge in [-0.25, -0.2) is 9.55 Å². The number of oxime groups is 1. The number of aromatic nitrogens is 3. The smallest absolute Gasteiger partial charge is 0.289 e. The fourth-order valence-corrected chi connectivity index (χ4v) is 7.89. The second-order valence-electron chi connectivity index (χ2n) is 9.73. The summed E-state index contributed by atoms with van der Waals surface area (Å²) in [5.74, 6) is -3.06. The molecular weight excluding hydrogens is 593 g/mol. The number of hydrogen-bond acceptors (Lipinski definition) is 12. The third kappa shape index (κ3) is 5.04. The zero-order chi connectivity index (χ0) is 28.8. The van der Waals surface area contributed by atoms with Crippen molar-refractivity contribution in [2.45, 2.75) is 49.7 Å². The quantitative estimate of drug-likeness (QED) is 0.119. The third-order valence-corrected chi connectivity index (χ3v) is 9.95. The van der Waals surface area contributed by atoms with Crippen LogP contribution in [0.25, 0.3) is 4.83 Å². The maximum atomic E-state index is 13.3. The van der Waals surface area contributed by atoms with E-state index in [1.807, 2.05) is 0 Å². The SMILES string of the molecule is NC(=O)c1csc2c[n+](CC3=C(C(=O)[O-])N4C(=O)[C@@H](NC(=O)/C(=N\OC5CCCC5)c5csc(N)n5)[C@H]4SC3)cn12. The van der Waals surface area contributed by atoms with Gasteiger partial charge in [-0.15, -0.1) is 23.1 Å². The highest BCUT2D eigenvalue weighted by Gasteiger charge is 2.53. The van der Waals surface area contributed by atoms with E-state index < -0.39 is 35.1 Å². The molecule has 3 aromatic rings. The van der Waals surface area contributed by atoms with Crippen LogP contribution >= 0.6 is 34.4 Å². The first-order chi connectivity index (χ1) is 19.7. The maximum Gasteiger partial charge on any atom is 0.289 e. The Bertz CT molecular complexity index is 1630. The van der Waals surface area contributed by atoms with Crippen LogP contribution in [0.3, 0.4) is 0 Å². The summed E-state index contributed by atoms with van der Waals surface area (Å²) in [5.41, 5.74) is 11.8. The number of carbonyl (C=O) groups excluding carboxylic acids is 4. The van der Waals surface area contributed by atoms with Crippen molar-refractivity contribution in [1.82, 2.24) is 19.6 Å². The zero-order valence-corrected chi connectivity index (χ0v) is 23.8. The number of aliphatic carboxylic acids is 1. The summed E-state index contributed by atoms with van der Waals surface area (Å²) in [7, 11) is 0. The number of carboxylic acids is 1. The van der Waals surface area contributed by atoms with E-state index in [4.69, 9.17) is 16.3 Å². The van der Waals surface area contributed by atoms with Gasteiger partial charge in [0.1, 0.15) is 36.0 Å². The number of imidazole rings is 1. The lowest BCUT2D eigenvalue weighted by atomic mass is 10.0. The van der Waals surface area contributed by atoms with Gasteiger partial charge >= 0.3 is 0 Å². The van der Waals surface area contributed by atoms with E-state index in [2.05, 4.69) is 15.5 Å². The van der Waals surface area contributed by atoms with E-state index in [0.717, 1.165) is 46.8 Å². The van der Waals surface area contributed by atoms with Crippen LogP contribution in [0.2, 0.25) is 0 Å². The van der Waals surface area contributed by atoms with Crippen molar-refractivity contribution in [3.63, 3.8) is 0 Å². The van der Waals surface area contributed by atoms with Crippen molar-refractivity contribution in [1.29, 1.82) is 0 Å². The second kappa shape index (κ2) is 10.8. The summed E-state index contributed by atoms with van der Waals surface area (Å²) in [4.78, 5) is 62.0. The average molecular weight is 617 g/mol. The van der Waals surface area contributed by atoms with Crippen molar-refractivity contribution in [3.8, 4) is 0 Å². The Kier molecular flexibility index (Phi) is 7.16. The minimum atomic E-state index is -1.49. The van der Waals surface area contributed by atoms with Crippen LogP contribution in [0.5, 0.6) is 0 Å². The number of thioether (sulfide) groups is 1. The molecule has 1 saturated carbocycles. The van der Waals surface area contributed by atoms with Gasteiger partial charge in [-0.05, 0) is 25.7 Å². The molecule has 2 atom stereocenters. The van der Waals surface area contributed by atoms with Gasteiger partial charge in [-0.2, -0.15) is 4.40 Å². The first kappa shape index (κ1) is 27.2. The number of fused-ring (bicyclic) bond motifs is 2. The normalized spacial score (nSPS) is 21.2. The van der Waals surface area contributed by atoms with Crippen LogP contribution in [0.4, 0.5) is 5.13 Å². The highest BCUT2D eigenvalue weighted by molar-refractivity contribution is 8.00. The van der Waals surface area contributed by atoms with E-state index >= 15 is 0 Å². The Balaban J connectivity index is 1.20. The monoisotopic (exact) mass is 616 g/mol. The van der Waals surface area contributed by atoms with Gasteiger partial charge < -0.3 is 31.5 Å². The van der Waals surface area contributed by atoms with Crippen molar-refractivity contribution in [2.24, 2.45) is 10.9 Å². The van der Waals surface area contributed by atoms with Gasteiger partial charge in [0.15, 0.2) is 10.8 Å². The molecule has 2 aliphatic heterocycles. The predicted octanol–water partition coefficient (Wildman–Crippen LogP) is -0.807. The molecular formula is C24H24N8O6S3. The summed E-state index contributed by atoms with van der Waals surface area (Å²) in [5, 5.41) is 21.8. The summed E-state index contributed by atoms with van der Waals surface area (Å²) in [6.07, 6.45) is 7.00. The van der Waals surface area contributed by atoms with Crippen LogP contribution in [-0.4, -0.2) is 67.0 Å². The van der Waals surface area contributed by atoms with Gasteiger partial charge in [-0.1, -0.05) is 16.5 Å². The molecule has 3 amide bonds. The topological polar surface area (TPSA) is 201 Å². The van der Waals surface area contributed by atoms with Crippen molar-refractivity contribution in [2.75, 3.05) is 11.5 Å². The molecule has 3 aromatic heterocycles. The molecule has 5 heterocycles. The first-order valence-corrected chi connectivity index (χ1v) is 15.4. The number of β-lactam (4-membered cyclic amide) rings is 1. The minimum absolute atomic E-state index is 0.102. The number of amides is 3. The van der Waals surface area contributed by atoms with Gasteiger partial charge in [-0.3, -0.25) is 19.3 Å². The third-order valence-electron chi connectivity index (χ3n) is 7.06. The number of anilines is 1. The molecule has 2 fully saturated rings. The van der Waals surface area contributed by atoms with Crippen molar-refractivity contribution >= 4 is 73.8 Å². The summed E-state index contributed by atoms with van der Waals surface area (Å²) in [6.45, 7) is 0.150. The molecule has 5 N–H and O–H groups in total. The number of nitrogens with one attached hydrogen (secondary N) is 1. The molecule has 0 unspecified atom stereocenters. The molecule has 0 spiro atoms. The number of primary amides is 1. The van der Waals surface area contributed by atoms with Gasteiger partial charge in [0.25, 0.3) is 24.0 Å². The number of carboxylic acid groups (broad SMARTS) is 1. The van der Waals surface area contributed by atoms with Gasteiger partial charge in [0, 0.05) is 22.1 Å². The first-order valence-electron chi connectivity index (χ1n) is 12.6. The molecule has 41 heavy (non-hydrogen) atoms. The Morgan fingerprint density at radius 2 is 2.02 bits per heavy atom. The van der Waals surface area contributed by atoms with Crippen LogP contribution in [0, 0.1) is 0 Å². The average Bonchev–Trinajstić information content (AvgIpc) is 3.73. The molecule has 0 radical (unpaired) electrons. The fraction of sp³-hybridized carbons (Fsp3) is 0.375. The van der Waals surface area contributed by atoms with Crippen molar-refractivity contribution in [3.05, 3.63) is 45.9 Å². The Morgan fingerprint density at radius 3 is 2.71 bits per heavy atom. The molecule has 14 nitrogen and oxygen atoms in total. The Labute approximate surface area is 244 Å². The number of nitrogen functional groups attached to an aromatic ring is 1. The largest absolute Gasteiger partial charge is 0.543 e. The van der Waals surface area contributed by atoms with E-state index in [9.17, 15) is 24.3 Å². The van der Waals surface area contributed by atoms with E-state index in [0.29, 0.717) is 11.3 Å². The van der Waals surface area contributed by atoms with Gasteiger partial charge in [0.05, 0.1) is 11.7 Å². The van der Waals surface area contributed by atoms with E-state index in [1.165, 1.54) is 23.1 Å². The van der Waals surface area contributed by atoms with Gasteiger partial charge in [0.2, 0.25) is 10.5 Å². The minimum Gasteiger partial charge on any atom is -0.543 e. The predicted molar refractivity (Wildman–Crippen MR) is 147 cm³/mol. The number of nitrogens with zero attached hydrogens (tertiary/aromatic N) is 5. The number of thiazole rings is 2. The molecule has 1 saturated heterocycles. The standard InChI is InChI=1S/C24H24N8O6S3/c25-19(33)14-9-39-15-6-30(10-31(14)15)5-11-7-40-22-17(21(35)32(22)18(11)23(36)37)28-20(34)16(13-8-41-24(26)27-13)29-38-12-3-1-2-4-12/h6,8-10,12,17,22H,1-5,7H2,(H5-,25,26,27,28,33,34,36,37)/b29-16-/t17-,22-/m1/s1. The number of rotatable bonds is 9. The highest BCUT2D eigenvalue weighted by atomic mass is 32.2. The molecule has 3 aliphatic rings. The lowest BCUT2D eigenvalue weighted by molar-refractivity contribution is -0.687. The van der Waals surface area contributed by atoms with Crippen LogP contribution in [0.1, 0.15) is 41.9 Å². The summed E-state index contributed by atoms with van der Waals surface area (Å²) >= 11 is 3.78. The van der Waals surface area contributed by atoms with Crippen LogP contribution < -0.4 is 26.5 Å². The van der Waals surface area contributed by atoms with Crippen LogP contribution in [-0.2, 0) is 25.8 Å². The number of nitrogens with two attached hydrogens (primary N) is 2. The lowest BCUT2D eigenvalue weighted by Crippen LogP contribution is -2.71. The molecule has 214 valence electrons. The Hall–Kier alpha value is -3.96. The number of hydrogen-bond donors (Lipinski definition) is 3. The molecule has 6 rings (SSSR count). The molecule has 17 heteroatoms. The highest BCUT2D eigenvalue weighted by Crippen LogP contribution is 2.40.